The third-order valence-corrected chi connectivity index (χ3v) is 5.34. The lowest BCUT2D eigenvalue weighted by molar-refractivity contribution is 0.207. The highest BCUT2D eigenvalue weighted by atomic mass is 16.5. The van der Waals surface area contributed by atoms with Crippen LogP contribution in [-0.2, 0) is 13.1 Å². The second-order valence-electron chi connectivity index (χ2n) is 7.02. The van der Waals surface area contributed by atoms with Crippen molar-refractivity contribution in [3.8, 4) is 5.75 Å². The summed E-state index contributed by atoms with van der Waals surface area (Å²) in [5.41, 5.74) is 3.07. The van der Waals surface area contributed by atoms with E-state index in [2.05, 4.69) is 21.8 Å². The van der Waals surface area contributed by atoms with Crippen molar-refractivity contribution in [2.24, 2.45) is 0 Å². The number of methoxy groups -OCH3 is 1. The zero-order valence-corrected chi connectivity index (χ0v) is 16.3. The number of rotatable bonds is 5. The molecule has 2 aromatic heterocycles. The number of aromatic nitrogens is 3. The molecule has 0 saturated carbocycles. The van der Waals surface area contributed by atoms with Crippen LogP contribution >= 0.6 is 0 Å². The molecular formula is C21H25N5O2. The number of ether oxygens (including phenoxy) is 1. The Bertz CT molecular complexity index is 967. The van der Waals surface area contributed by atoms with Crippen LogP contribution in [0.2, 0.25) is 0 Å². The van der Waals surface area contributed by atoms with Gasteiger partial charge >= 0.3 is 6.03 Å². The quantitative estimate of drug-likeness (QED) is 0.739. The zero-order valence-electron chi connectivity index (χ0n) is 16.3. The molecule has 1 saturated heterocycles. The normalized spacial score (nSPS) is 16.5. The summed E-state index contributed by atoms with van der Waals surface area (Å²) in [5, 5.41) is 3.01. The minimum absolute atomic E-state index is 0.0286. The summed E-state index contributed by atoms with van der Waals surface area (Å²) in [5.74, 6) is 2.11. The number of amides is 2. The summed E-state index contributed by atoms with van der Waals surface area (Å²) < 4.78 is 7.38. The van der Waals surface area contributed by atoms with E-state index in [9.17, 15) is 4.79 Å². The summed E-state index contributed by atoms with van der Waals surface area (Å²) in [7, 11) is 1.64. The molecule has 0 unspecified atom stereocenters. The number of carbonyl (C=O) groups is 1. The lowest BCUT2D eigenvalue weighted by atomic mass is 10.1. The summed E-state index contributed by atoms with van der Waals surface area (Å²) >= 11 is 0. The van der Waals surface area contributed by atoms with Crippen LogP contribution in [-0.4, -0.2) is 45.7 Å². The van der Waals surface area contributed by atoms with Crippen molar-refractivity contribution in [3.63, 3.8) is 0 Å². The standard InChI is InChI=1S/C21H25N5O2/c1-3-26-19-13-22-10-8-18(19)24-20(26)16-9-11-25(14-16)21(27)23-12-15-4-6-17(28-2)7-5-15/h4-8,10,13,16H,3,9,11-12,14H2,1-2H3,(H,23,27)/t16-/m0/s1. The highest BCUT2D eigenvalue weighted by Gasteiger charge is 2.30. The second kappa shape index (κ2) is 7.88. The van der Waals surface area contributed by atoms with Gasteiger partial charge in [-0.3, -0.25) is 4.98 Å². The van der Waals surface area contributed by atoms with Crippen molar-refractivity contribution in [2.75, 3.05) is 20.2 Å². The minimum atomic E-state index is -0.0286. The number of hydrogen-bond donors (Lipinski definition) is 1. The lowest BCUT2D eigenvalue weighted by Gasteiger charge is -2.18. The Balaban J connectivity index is 1.40. The summed E-state index contributed by atoms with van der Waals surface area (Å²) in [4.78, 5) is 23.5. The van der Waals surface area contributed by atoms with Crippen molar-refractivity contribution in [1.82, 2.24) is 24.8 Å². The minimum Gasteiger partial charge on any atom is -0.497 e. The van der Waals surface area contributed by atoms with E-state index in [-0.39, 0.29) is 11.9 Å². The molecule has 1 aliphatic rings. The molecule has 1 aromatic carbocycles. The van der Waals surface area contributed by atoms with Crippen molar-refractivity contribution >= 4 is 17.1 Å². The Hall–Kier alpha value is -3.09. The maximum absolute atomic E-state index is 12.6. The number of pyridine rings is 1. The van der Waals surface area contributed by atoms with E-state index in [1.54, 1.807) is 13.3 Å². The molecule has 3 aromatic rings. The Kier molecular flexibility index (Phi) is 5.14. The highest BCUT2D eigenvalue weighted by molar-refractivity contribution is 5.76. The van der Waals surface area contributed by atoms with Gasteiger partial charge in [-0.15, -0.1) is 0 Å². The van der Waals surface area contributed by atoms with Gasteiger partial charge in [0.2, 0.25) is 0 Å². The zero-order chi connectivity index (χ0) is 19.5. The maximum atomic E-state index is 12.6. The Labute approximate surface area is 164 Å². The van der Waals surface area contributed by atoms with Crippen molar-refractivity contribution < 1.29 is 9.53 Å². The maximum Gasteiger partial charge on any atom is 0.317 e. The van der Waals surface area contributed by atoms with Gasteiger partial charge in [-0.2, -0.15) is 0 Å². The molecule has 28 heavy (non-hydrogen) atoms. The number of nitrogens with one attached hydrogen (secondary N) is 1. The van der Waals surface area contributed by atoms with E-state index in [0.29, 0.717) is 13.1 Å². The molecule has 146 valence electrons. The number of likely N-dealkylation sites (tertiary alicyclic amines) is 1. The van der Waals surface area contributed by atoms with E-state index in [1.807, 2.05) is 41.4 Å². The molecule has 3 heterocycles. The number of imidazole rings is 1. The Morgan fingerprint density at radius 2 is 2.11 bits per heavy atom. The fourth-order valence-corrected chi connectivity index (χ4v) is 3.82. The van der Waals surface area contributed by atoms with Crippen LogP contribution in [0.5, 0.6) is 5.75 Å². The van der Waals surface area contributed by atoms with Crippen LogP contribution in [0.25, 0.3) is 11.0 Å². The van der Waals surface area contributed by atoms with Gasteiger partial charge in [0.05, 0.1) is 24.3 Å². The molecule has 1 aliphatic heterocycles. The van der Waals surface area contributed by atoms with Gasteiger partial charge in [-0.05, 0) is 37.1 Å². The first-order chi connectivity index (χ1) is 13.7. The van der Waals surface area contributed by atoms with Gasteiger partial charge in [-0.25, -0.2) is 9.78 Å². The molecule has 7 nitrogen and oxygen atoms in total. The first-order valence-corrected chi connectivity index (χ1v) is 9.65. The van der Waals surface area contributed by atoms with Gasteiger partial charge in [0.25, 0.3) is 0 Å². The number of aryl methyl sites for hydroxylation is 1. The first kappa shape index (κ1) is 18.3. The van der Waals surface area contributed by atoms with Gasteiger partial charge in [0.15, 0.2) is 0 Å². The summed E-state index contributed by atoms with van der Waals surface area (Å²) in [6.07, 6.45) is 4.56. The van der Waals surface area contributed by atoms with Gasteiger partial charge in [0.1, 0.15) is 11.6 Å². The van der Waals surface area contributed by atoms with Crippen LogP contribution in [0.1, 0.15) is 30.7 Å². The first-order valence-electron chi connectivity index (χ1n) is 9.65. The van der Waals surface area contributed by atoms with Gasteiger partial charge in [-0.1, -0.05) is 12.1 Å². The average molecular weight is 379 g/mol. The van der Waals surface area contributed by atoms with Crippen LogP contribution < -0.4 is 10.1 Å². The second-order valence-corrected chi connectivity index (χ2v) is 7.02. The van der Waals surface area contributed by atoms with Gasteiger partial charge < -0.3 is 19.5 Å². The number of benzene rings is 1. The molecule has 0 bridgehead atoms. The molecule has 4 rings (SSSR count). The van der Waals surface area contributed by atoms with Crippen LogP contribution in [0.15, 0.2) is 42.7 Å². The SMILES string of the molecule is CCn1c([C@H]2CCN(C(=O)NCc3ccc(OC)cc3)C2)nc2ccncc21. The predicted molar refractivity (Wildman–Crippen MR) is 107 cm³/mol. The molecule has 0 radical (unpaired) electrons. The molecule has 2 amide bonds. The molecule has 7 heteroatoms. The van der Waals surface area contributed by atoms with Crippen molar-refractivity contribution in [1.29, 1.82) is 0 Å². The molecule has 1 fully saturated rings. The average Bonchev–Trinajstić information content (AvgIpc) is 3.36. The number of urea groups is 1. The van der Waals surface area contributed by atoms with E-state index in [1.165, 1.54) is 0 Å². The molecule has 0 aliphatic carbocycles. The lowest BCUT2D eigenvalue weighted by Crippen LogP contribution is -2.38. The number of hydrogen-bond acceptors (Lipinski definition) is 4. The smallest absolute Gasteiger partial charge is 0.317 e. The van der Waals surface area contributed by atoms with Crippen LogP contribution in [0, 0.1) is 0 Å². The summed E-state index contributed by atoms with van der Waals surface area (Å²) in [6.45, 7) is 4.89. The largest absolute Gasteiger partial charge is 0.497 e. The molecule has 0 spiro atoms. The molecule has 1 atom stereocenters. The fourth-order valence-electron chi connectivity index (χ4n) is 3.82. The predicted octanol–water partition coefficient (Wildman–Crippen LogP) is 3.16. The van der Waals surface area contributed by atoms with E-state index >= 15 is 0 Å². The van der Waals surface area contributed by atoms with Gasteiger partial charge in [0, 0.05) is 38.3 Å². The highest BCUT2D eigenvalue weighted by Crippen LogP contribution is 2.29. The van der Waals surface area contributed by atoms with Crippen molar-refractivity contribution in [2.45, 2.75) is 32.4 Å². The van der Waals surface area contributed by atoms with Crippen LogP contribution in [0.3, 0.4) is 0 Å². The topological polar surface area (TPSA) is 72.3 Å². The van der Waals surface area contributed by atoms with E-state index < -0.39 is 0 Å². The number of nitrogens with zero attached hydrogens (tertiary/aromatic N) is 4. The molecule has 1 N–H and O–H groups in total. The Morgan fingerprint density at radius 1 is 1.29 bits per heavy atom. The summed E-state index contributed by atoms with van der Waals surface area (Å²) in [6, 6.07) is 9.64. The number of carbonyl (C=O) groups excluding carboxylic acids is 1. The number of fused-ring (bicyclic) bond motifs is 1. The van der Waals surface area contributed by atoms with Crippen LogP contribution in [0.4, 0.5) is 4.79 Å². The van der Waals surface area contributed by atoms with E-state index in [0.717, 1.165) is 47.7 Å². The van der Waals surface area contributed by atoms with Crippen molar-refractivity contribution in [3.05, 3.63) is 54.1 Å². The third kappa shape index (κ3) is 3.52. The van der Waals surface area contributed by atoms with E-state index in [4.69, 9.17) is 9.72 Å². The third-order valence-electron chi connectivity index (χ3n) is 5.34. The molecular weight excluding hydrogens is 354 g/mol. The monoisotopic (exact) mass is 379 g/mol. The Morgan fingerprint density at radius 3 is 2.86 bits per heavy atom. The fraction of sp³-hybridized carbons (Fsp3) is 0.381.